The zero-order chi connectivity index (χ0) is 12.9. The van der Waals surface area contributed by atoms with E-state index in [-0.39, 0.29) is 5.54 Å². The van der Waals surface area contributed by atoms with E-state index in [2.05, 4.69) is 72.5 Å². The highest BCUT2D eigenvalue weighted by Crippen LogP contribution is 2.22. The first kappa shape index (κ1) is 14.7. The minimum absolute atomic E-state index is 0.193. The van der Waals surface area contributed by atoms with Crippen LogP contribution in [-0.2, 0) is 0 Å². The van der Waals surface area contributed by atoms with Gasteiger partial charge in [-0.3, -0.25) is 0 Å². The van der Waals surface area contributed by atoms with E-state index in [0.717, 1.165) is 13.1 Å². The first-order valence-corrected chi connectivity index (χ1v) is 6.92. The SMILES string of the molecule is C[C@@H](NCCNC(C)(C)C)c1ccccc1Br. The van der Waals surface area contributed by atoms with Crippen molar-refractivity contribution in [3.8, 4) is 0 Å². The van der Waals surface area contributed by atoms with Crippen LogP contribution in [0.15, 0.2) is 28.7 Å². The van der Waals surface area contributed by atoms with Gasteiger partial charge in [-0.05, 0) is 39.3 Å². The number of hydrogen-bond donors (Lipinski definition) is 2. The molecule has 0 saturated carbocycles. The molecule has 0 radical (unpaired) electrons. The molecule has 0 heterocycles. The van der Waals surface area contributed by atoms with Crippen molar-refractivity contribution in [3.63, 3.8) is 0 Å². The van der Waals surface area contributed by atoms with Gasteiger partial charge in [-0.25, -0.2) is 0 Å². The Morgan fingerprint density at radius 2 is 1.82 bits per heavy atom. The molecule has 0 aliphatic carbocycles. The minimum atomic E-state index is 0.193. The van der Waals surface area contributed by atoms with Crippen molar-refractivity contribution in [2.75, 3.05) is 13.1 Å². The molecule has 0 fully saturated rings. The third kappa shape index (κ3) is 5.66. The largest absolute Gasteiger partial charge is 0.311 e. The van der Waals surface area contributed by atoms with E-state index in [4.69, 9.17) is 0 Å². The van der Waals surface area contributed by atoms with E-state index >= 15 is 0 Å². The highest BCUT2D eigenvalue weighted by molar-refractivity contribution is 9.10. The summed E-state index contributed by atoms with van der Waals surface area (Å²) in [5.74, 6) is 0. The van der Waals surface area contributed by atoms with Gasteiger partial charge in [0.25, 0.3) is 0 Å². The van der Waals surface area contributed by atoms with Gasteiger partial charge in [-0.1, -0.05) is 34.1 Å². The van der Waals surface area contributed by atoms with Gasteiger partial charge in [0.1, 0.15) is 0 Å². The summed E-state index contributed by atoms with van der Waals surface area (Å²) in [4.78, 5) is 0. The third-order valence-corrected chi connectivity index (χ3v) is 3.32. The smallest absolute Gasteiger partial charge is 0.0303 e. The van der Waals surface area contributed by atoms with Gasteiger partial charge in [-0.15, -0.1) is 0 Å². The number of nitrogens with one attached hydrogen (secondary N) is 2. The average Bonchev–Trinajstić information content (AvgIpc) is 2.23. The normalized spacial score (nSPS) is 13.7. The molecule has 2 N–H and O–H groups in total. The lowest BCUT2D eigenvalue weighted by Crippen LogP contribution is -2.40. The maximum atomic E-state index is 3.58. The molecule has 1 aromatic carbocycles. The molecule has 3 heteroatoms. The zero-order valence-corrected chi connectivity index (χ0v) is 12.8. The maximum Gasteiger partial charge on any atom is 0.0303 e. The summed E-state index contributed by atoms with van der Waals surface area (Å²) in [6, 6.07) is 8.72. The van der Waals surface area contributed by atoms with Crippen LogP contribution in [0.25, 0.3) is 0 Å². The van der Waals surface area contributed by atoms with Crippen molar-refractivity contribution >= 4 is 15.9 Å². The van der Waals surface area contributed by atoms with Crippen LogP contribution in [0.2, 0.25) is 0 Å². The number of benzene rings is 1. The lowest BCUT2D eigenvalue weighted by atomic mass is 10.1. The zero-order valence-electron chi connectivity index (χ0n) is 11.2. The predicted octanol–water partition coefficient (Wildman–Crippen LogP) is 3.49. The van der Waals surface area contributed by atoms with Crippen LogP contribution in [0, 0.1) is 0 Å². The highest BCUT2D eigenvalue weighted by Gasteiger charge is 2.10. The van der Waals surface area contributed by atoms with Crippen LogP contribution in [-0.4, -0.2) is 18.6 Å². The van der Waals surface area contributed by atoms with Gasteiger partial charge in [0.05, 0.1) is 0 Å². The van der Waals surface area contributed by atoms with Gasteiger partial charge >= 0.3 is 0 Å². The Bertz CT molecular complexity index is 344. The fourth-order valence-electron chi connectivity index (χ4n) is 1.66. The monoisotopic (exact) mass is 298 g/mol. The van der Waals surface area contributed by atoms with Crippen molar-refractivity contribution in [2.24, 2.45) is 0 Å². The molecule has 96 valence electrons. The molecule has 0 amide bonds. The molecule has 1 atom stereocenters. The van der Waals surface area contributed by atoms with E-state index in [1.807, 2.05) is 6.07 Å². The topological polar surface area (TPSA) is 24.1 Å². The van der Waals surface area contributed by atoms with Gasteiger partial charge in [0.2, 0.25) is 0 Å². The molecule has 2 nitrogen and oxygen atoms in total. The Morgan fingerprint density at radius 3 is 2.41 bits per heavy atom. The van der Waals surface area contributed by atoms with Crippen LogP contribution in [0.3, 0.4) is 0 Å². The van der Waals surface area contributed by atoms with Crippen LogP contribution in [0.4, 0.5) is 0 Å². The summed E-state index contributed by atoms with van der Waals surface area (Å²) < 4.78 is 1.17. The molecule has 0 bridgehead atoms. The van der Waals surface area contributed by atoms with Crippen LogP contribution in [0.5, 0.6) is 0 Å². The molecule has 0 aromatic heterocycles. The van der Waals surface area contributed by atoms with Crippen LogP contribution >= 0.6 is 15.9 Å². The lowest BCUT2D eigenvalue weighted by molar-refractivity contribution is 0.414. The van der Waals surface area contributed by atoms with Crippen molar-refractivity contribution in [1.29, 1.82) is 0 Å². The van der Waals surface area contributed by atoms with E-state index in [9.17, 15) is 0 Å². The van der Waals surface area contributed by atoms with E-state index in [1.165, 1.54) is 10.0 Å². The summed E-state index contributed by atoms with van der Waals surface area (Å²) in [6.07, 6.45) is 0. The van der Waals surface area contributed by atoms with E-state index in [0.29, 0.717) is 6.04 Å². The molecule has 0 saturated heterocycles. The highest BCUT2D eigenvalue weighted by atomic mass is 79.9. The molecular weight excluding hydrogens is 276 g/mol. The first-order valence-electron chi connectivity index (χ1n) is 6.13. The molecule has 0 aliphatic rings. The second kappa shape index (κ2) is 6.53. The Labute approximate surface area is 113 Å². The first-order chi connectivity index (χ1) is 7.90. The van der Waals surface area contributed by atoms with Crippen molar-refractivity contribution in [1.82, 2.24) is 10.6 Å². The summed E-state index contributed by atoms with van der Waals surface area (Å²) in [5, 5.41) is 6.99. The Morgan fingerprint density at radius 1 is 1.18 bits per heavy atom. The van der Waals surface area contributed by atoms with Crippen molar-refractivity contribution < 1.29 is 0 Å². The fraction of sp³-hybridized carbons (Fsp3) is 0.571. The fourth-order valence-corrected chi connectivity index (χ4v) is 2.29. The quantitative estimate of drug-likeness (QED) is 0.813. The molecular formula is C14H23BrN2. The molecule has 0 unspecified atom stereocenters. The van der Waals surface area contributed by atoms with Gasteiger partial charge in [-0.2, -0.15) is 0 Å². The summed E-state index contributed by atoms with van der Waals surface area (Å²) in [6.45, 7) is 10.7. The molecule has 0 aliphatic heterocycles. The molecule has 17 heavy (non-hydrogen) atoms. The Kier molecular flexibility index (Phi) is 5.63. The van der Waals surface area contributed by atoms with Crippen LogP contribution < -0.4 is 10.6 Å². The third-order valence-electron chi connectivity index (χ3n) is 2.60. The second-order valence-corrected chi connectivity index (χ2v) is 6.23. The van der Waals surface area contributed by atoms with Gasteiger partial charge in [0, 0.05) is 29.1 Å². The molecule has 1 aromatic rings. The number of halogens is 1. The second-order valence-electron chi connectivity index (χ2n) is 5.37. The molecule has 0 spiro atoms. The minimum Gasteiger partial charge on any atom is -0.311 e. The van der Waals surface area contributed by atoms with E-state index in [1.54, 1.807) is 0 Å². The maximum absolute atomic E-state index is 3.58. The predicted molar refractivity (Wildman–Crippen MR) is 78.3 cm³/mol. The number of hydrogen-bond acceptors (Lipinski definition) is 2. The number of rotatable bonds is 5. The van der Waals surface area contributed by atoms with Gasteiger partial charge in [0.15, 0.2) is 0 Å². The standard InChI is InChI=1S/C14H23BrN2/c1-11(12-7-5-6-8-13(12)15)16-9-10-17-14(2,3)4/h5-8,11,16-17H,9-10H2,1-4H3/t11-/m1/s1. The summed E-state index contributed by atoms with van der Waals surface area (Å²) >= 11 is 3.58. The summed E-state index contributed by atoms with van der Waals surface area (Å²) in [7, 11) is 0. The Balaban J connectivity index is 2.36. The average molecular weight is 299 g/mol. The molecule has 1 rings (SSSR count). The van der Waals surface area contributed by atoms with Crippen molar-refractivity contribution in [2.45, 2.75) is 39.3 Å². The summed E-state index contributed by atoms with van der Waals surface area (Å²) in [5.41, 5.74) is 1.50. The Hall–Kier alpha value is -0.380. The van der Waals surface area contributed by atoms with Crippen molar-refractivity contribution in [3.05, 3.63) is 34.3 Å². The van der Waals surface area contributed by atoms with E-state index < -0.39 is 0 Å². The lowest BCUT2D eigenvalue weighted by Gasteiger charge is -2.22. The van der Waals surface area contributed by atoms with Crippen LogP contribution in [0.1, 0.15) is 39.3 Å². The van der Waals surface area contributed by atoms with Gasteiger partial charge < -0.3 is 10.6 Å².